The van der Waals surface area contributed by atoms with E-state index in [1.807, 2.05) is 24.4 Å². The minimum atomic E-state index is -1.33. The standard InChI is InChI=1S/C12H17N3O4S/c1-2-7(9-4-3-5-20-9)14-12(19)15-8(11(17)18)6-10(13)16/h3-5,7-8H,2,6H2,1H3,(H2,13,16)(H,17,18)(H2,14,15,19). The molecule has 0 aromatic carbocycles. The molecule has 8 heteroatoms. The molecular formula is C12H17N3O4S. The van der Waals surface area contributed by atoms with Crippen LogP contribution in [0.15, 0.2) is 17.5 Å². The summed E-state index contributed by atoms with van der Waals surface area (Å²) >= 11 is 1.50. The minimum absolute atomic E-state index is 0.196. The molecular weight excluding hydrogens is 282 g/mol. The first kappa shape index (κ1) is 16.0. The van der Waals surface area contributed by atoms with Crippen LogP contribution in [0, 0.1) is 0 Å². The number of aliphatic carboxylic acids is 1. The van der Waals surface area contributed by atoms with Crippen LogP contribution in [0.3, 0.4) is 0 Å². The number of carbonyl (C=O) groups is 3. The molecule has 2 unspecified atom stereocenters. The summed E-state index contributed by atoms with van der Waals surface area (Å²) < 4.78 is 0. The number of hydrogen-bond acceptors (Lipinski definition) is 4. The van der Waals surface area contributed by atoms with Crippen LogP contribution in [0.2, 0.25) is 0 Å². The van der Waals surface area contributed by atoms with Gasteiger partial charge in [-0.05, 0) is 17.9 Å². The predicted molar refractivity (Wildman–Crippen MR) is 74.3 cm³/mol. The Morgan fingerprint density at radius 2 is 2.10 bits per heavy atom. The van der Waals surface area contributed by atoms with Crippen LogP contribution in [0.25, 0.3) is 0 Å². The second-order valence-corrected chi connectivity index (χ2v) is 5.13. The number of thiophene rings is 1. The zero-order chi connectivity index (χ0) is 15.1. The van der Waals surface area contributed by atoms with Crippen LogP contribution in [0.4, 0.5) is 4.79 Å². The number of carboxylic acid groups (broad SMARTS) is 1. The third kappa shape index (κ3) is 4.88. The van der Waals surface area contributed by atoms with Gasteiger partial charge in [0, 0.05) is 4.88 Å². The van der Waals surface area contributed by atoms with Gasteiger partial charge in [-0.25, -0.2) is 9.59 Å². The summed E-state index contributed by atoms with van der Waals surface area (Å²) in [6.45, 7) is 1.91. The molecule has 1 rings (SSSR count). The number of carboxylic acids is 1. The Kier molecular flexibility index (Phi) is 5.98. The fraction of sp³-hybridized carbons (Fsp3) is 0.417. The van der Waals surface area contributed by atoms with Crippen LogP contribution in [0.1, 0.15) is 30.7 Å². The monoisotopic (exact) mass is 299 g/mol. The van der Waals surface area contributed by atoms with Crippen molar-refractivity contribution in [2.45, 2.75) is 31.8 Å². The van der Waals surface area contributed by atoms with Gasteiger partial charge >= 0.3 is 12.0 Å². The van der Waals surface area contributed by atoms with E-state index in [0.29, 0.717) is 6.42 Å². The highest BCUT2D eigenvalue weighted by Crippen LogP contribution is 2.21. The quantitative estimate of drug-likeness (QED) is 0.595. The lowest BCUT2D eigenvalue weighted by Crippen LogP contribution is -2.48. The largest absolute Gasteiger partial charge is 0.480 e. The van der Waals surface area contributed by atoms with Gasteiger partial charge in [-0.2, -0.15) is 0 Å². The van der Waals surface area contributed by atoms with Crippen molar-refractivity contribution in [2.24, 2.45) is 5.73 Å². The van der Waals surface area contributed by atoms with E-state index in [0.717, 1.165) is 4.88 Å². The van der Waals surface area contributed by atoms with Gasteiger partial charge < -0.3 is 21.5 Å². The molecule has 5 N–H and O–H groups in total. The number of nitrogens with one attached hydrogen (secondary N) is 2. The van der Waals surface area contributed by atoms with Gasteiger partial charge in [-0.15, -0.1) is 11.3 Å². The van der Waals surface area contributed by atoms with Gasteiger partial charge in [-0.3, -0.25) is 4.79 Å². The molecule has 0 aliphatic carbocycles. The zero-order valence-electron chi connectivity index (χ0n) is 11.0. The molecule has 0 aliphatic heterocycles. The van der Waals surface area contributed by atoms with E-state index in [1.54, 1.807) is 0 Å². The number of nitrogens with two attached hydrogens (primary N) is 1. The maximum Gasteiger partial charge on any atom is 0.326 e. The SMILES string of the molecule is CCC(NC(=O)NC(CC(N)=O)C(=O)O)c1cccs1. The summed E-state index contributed by atoms with van der Waals surface area (Å²) in [5.41, 5.74) is 4.94. The van der Waals surface area contributed by atoms with Gasteiger partial charge in [0.25, 0.3) is 0 Å². The summed E-state index contributed by atoms with van der Waals surface area (Å²) in [5, 5.41) is 15.7. The van der Waals surface area contributed by atoms with Crippen molar-refractivity contribution in [2.75, 3.05) is 0 Å². The Bertz CT molecular complexity index is 475. The molecule has 1 aromatic heterocycles. The van der Waals surface area contributed by atoms with E-state index in [4.69, 9.17) is 10.8 Å². The van der Waals surface area contributed by atoms with E-state index >= 15 is 0 Å². The molecule has 0 fully saturated rings. The summed E-state index contributed by atoms with van der Waals surface area (Å²) in [6, 6.07) is 1.59. The predicted octanol–water partition coefficient (Wildman–Crippen LogP) is 0.827. The summed E-state index contributed by atoms with van der Waals surface area (Å²) in [6.07, 6.45) is 0.222. The average Bonchev–Trinajstić information content (AvgIpc) is 2.88. The molecule has 1 aromatic rings. The zero-order valence-corrected chi connectivity index (χ0v) is 11.8. The van der Waals surface area contributed by atoms with E-state index in [9.17, 15) is 14.4 Å². The van der Waals surface area contributed by atoms with Crippen LogP contribution in [0.5, 0.6) is 0 Å². The lowest BCUT2D eigenvalue weighted by molar-refractivity contribution is -0.140. The Hall–Kier alpha value is -2.09. The van der Waals surface area contributed by atoms with Crippen molar-refractivity contribution in [3.8, 4) is 0 Å². The molecule has 20 heavy (non-hydrogen) atoms. The number of hydrogen-bond donors (Lipinski definition) is 4. The molecule has 0 bridgehead atoms. The molecule has 7 nitrogen and oxygen atoms in total. The van der Waals surface area contributed by atoms with Gasteiger partial charge in [-0.1, -0.05) is 13.0 Å². The first-order valence-corrected chi connectivity index (χ1v) is 6.93. The fourth-order valence-corrected chi connectivity index (χ4v) is 2.48. The van der Waals surface area contributed by atoms with Crippen molar-refractivity contribution in [3.63, 3.8) is 0 Å². The van der Waals surface area contributed by atoms with Gasteiger partial charge in [0.15, 0.2) is 0 Å². The van der Waals surface area contributed by atoms with E-state index < -0.39 is 30.4 Å². The fourth-order valence-electron chi connectivity index (χ4n) is 1.62. The Morgan fingerprint density at radius 1 is 1.40 bits per heavy atom. The molecule has 2 atom stereocenters. The lowest BCUT2D eigenvalue weighted by atomic mass is 10.2. The lowest BCUT2D eigenvalue weighted by Gasteiger charge is -2.18. The van der Waals surface area contributed by atoms with Gasteiger partial charge in [0.2, 0.25) is 5.91 Å². The second kappa shape index (κ2) is 7.49. The molecule has 0 aliphatic rings. The number of carbonyl (C=O) groups excluding carboxylic acids is 2. The van der Waals surface area contributed by atoms with Crippen molar-refractivity contribution < 1.29 is 19.5 Å². The summed E-state index contributed by atoms with van der Waals surface area (Å²) in [4.78, 5) is 34.4. The molecule has 0 spiro atoms. The maximum absolute atomic E-state index is 11.8. The van der Waals surface area contributed by atoms with Crippen LogP contribution < -0.4 is 16.4 Å². The second-order valence-electron chi connectivity index (χ2n) is 4.16. The highest BCUT2D eigenvalue weighted by atomic mass is 32.1. The van der Waals surface area contributed by atoms with Crippen molar-refractivity contribution >= 4 is 29.2 Å². The smallest absolute Gasteiger partial charge is 0.326 e. The van der Waals surface area contributed by atoms with Crippen LogP contribution in [-0.4, -0.2) is 29.1 Å². The van der Waals surface area contributed by atoms with Crippen molar-refractivity contribution in [1.29, 1.82) is 0 Å². The first-order chi connectivity index (χ1) is 9.43. The number of urea groups is 1. The molecule has 0 saturated heterocycles. The molecule has 1 heterocycles. The third-order valence-electron chi connectivity index (χ3n) is 2.61. The summed E-state index contributed by atoms with van der Waals surface area (Å²) in [5.74, 6) is -2.09. The Balaban J connectivity index is 2.60. The minimum Gasteiger partial charge on any atom is -0.480 e. The van der Waals surface area contributed by atoms with Crippen LogP contribution in [-0.2, 0) is 9.59 Å². The maximum atomic E-state index is 11.8. The van der Waals surface area contributed by atoms with Gasteiger partial charge in [0.05, 0.1) is 12.5 Å². The average molecular weight is 299 g/mol. The molecule has 0 radical (unpaired) electrons. The number of rotatable bonds is 7. The molecule has 110 valence electrons. The van der Waals surface area contributed by atoms with E-state index in [-0.39, 0.29) is 6.04 Å². The normalized spacial score (nSPS) is 13.2. The Labute approximate surface area is 120 Å². The van der Waals surface area contributed by atoms with Crippen LogP contribution >= 0.6 is 11.3 Å². The molecule has 3 amide bonds. The number of primary amides is 1. The third-order valence-corrected chi connectivity index (χ3v) is 3.59. The first-order valence-electron chi connectivity index (χ1n) is 6.05. The highest BCUT2D eigenvalue weighted by Gasteiger charge is 2.23. The summed E-state index contributed by atoms with van der Waals surface area (Å²) in [7, 11) is 0. The van der Waals surface area contributed by atoms with Gasteiger partial charge in [0.1, 0.15) is 6.04 Å². The van der Waals surface area contributed by atoms with Crippen molar-refractivity contribution in [1.82, 2.24) is 10.6 Å². The topological polar surface area (TPSA) is 122 Å². The van der Waals surface area contributed by atoms with Crippen molar-refractivity contribution in [3.05, 3.63) is 22.4 Å². The van der Waals surface area contributed by atoms with E-state index in [2.05, 4.69) is 10.6 Å². The van der Waals surface area contributed by atoms with E-state index in [1.165, 1.54) is 11.3 Å². The molecule has 0 saturated carbocycles. The highest BCUT2D eigenvalue weighted by molar-refractivity contribution is 7.10. The Morgan fingerprint density at radius 3 is 2.55 bits per heavy atom. The number of amides is 3.